The Morgan fingerprint density at radius 2 is 2.35 bits per heavy atom. The predicted octanol–water partition coefficient (Wildman–Crippen LogP) is 2.07. The zero-order valence-electron chi connectivity index (χ0n) is 13.6. The number of nitrogens with one attached hydrogen (secondary N) is 1. The molecule has 1 atom stereocenters. The summed E-state index contributed by atoms with van der Waals surface area (Å²) in [5, 5.41) is 6.91. The number of carbonyl (C=O) groups is 1. The molecule has 122 valence electrons. The van der Waals surface area contributed by atoms with E-state index in [0.29, 0.717) is 18.7 Å². The van der Waals surface area contributed by atoms with Crippen LogP contribution in [0.2, 0.25) is 0 Å². The molecule has 1 aromatic heterocycles. The van der Waals surface area contributed by atoms with Gasteiger partial charge < -0.3 is 14.8 Å². The van der Waals surface area contributed by atoms with Gasteiger partial charge in [0.2, 0.25) is 0 Å². The minimum Gasteiger partial charge on any atom is -0.494 e. The first kappa shape index (κ1) is 15.4. The number of hydrogen-bond acceptors (Lipinski definition) is 4. The topological polar surface area (TPSA) is 65.4 Å². The number of amides is 1. The van der Waals surface area contributed by atoms with Gasteiger partial charge in [-0.15, -0.1) is 0 Å². The van der Waals surface area contributed by atoms with Crippen molar-refractivity contribution in [3.63, 3.8) is 0 Å². The van der Waals surface area contributed by atoms with Gasteiger partial charge in [-0.1, -0.05) is 0 Å². The summed E-state index contributed by atoms with van der Waals surface area (Å²) in [4.78, 5) is 12.1. The molecule has 0 spiro atoms. The normalized spacial score (nSPS) is 15.9. The second kappa shape index (κ2) is 6.32. The van der Waals surface area contributed by atoms with E-state index in [9.17, 15) is 4.79 Å². The molecule has 1 aliphatic rings. The Morgan fingerprint density at radius 3 is 3.04 bits per heavy atom. The molecule has 0 aliphatic carbocycles. The van der Waals surface area contributed by atoms with Gasteiger partial charge in [-0.2, -0.15) is 5.10 Å². The van der Waals surface area contributed by atoms with Crippen LogP contribution in [0.3, 0.4) is 0 Å². The van der Waals surface area contributed by atoms with Crippen molar-refractivity contribution in [3.8, 4) is 11.5 Å². The SMILES string of the molecule is CCOc1cc2c(cc1CNC(=O)c1cnn(C)c1)O[C@H](C)C2. The summed E-state index contributed by atoms with van der Waals surface area (Å²) < 4.78 is 13.1. The van der Waals surface area contributed by atoms with Gasteiger partial charge in [-0.3, -0.25) is 9.48 Å². The van der Waals surface area contributed by atoms with Gasteiger partial charge in [0.25, 0.3) is 5.91 Å². The molecule has 0 saturated carbocycles. The molecule has 3 rings (SSSR count). The third-order valence-corrected chi connectivity index (χ3v) is 3.79. The maximum absolute atomic E-state index is 12.1. The molecular formula is C17H21N3O3. The number of aromatic nitrogens is 2. The molecule has 0 unspecified atom stereocenters. The maximum Gasteiger partial charge on any atom is 0.254 e. The molecule has 1 N–H and O–H groups in total. The van der Waals surface area contributed by atoms with Crippen molar-refractivity contribution >= 4 is 5.91 Å². The molecule has 6 nitrogen and oxygen atoms in total. The van der Waals surface area contributed by atoms with Crippen LogP contribution in [-0.4, -0.2) is 28.4 Å². The van der Waals surface area contributed by atoms with E-state index in [1.54, 1.807) is 24.1 Å². The van der Waals surface area contributed by atoms with E-state index in [1.165, 1.54) is 0 Å². The Kier molecular flexibility index (Phi) is 4.23. The standard InChI is InChI=1S/C17H21N3O3/c1-4-22-15-6-12-5-11(2)23-16(12)7-13(15)8-18-17(21)14-9-19-20(3)10-14/h6-7,9-11H,4-5,8H2,1-3H3,(H,18,21)/t11-/m1/s1. The quantitative estimate of drug-likeness (QED) is 0.917. The Morgan fingerprint density at radius 1 is 1.52 bits per heavy atom. The Labute approximate surface area is 135 Å². The van der Waals surface area contributed by atoms with Crippen LogP contribution < -0.4 is 14.8 Å². The maximum atomic E-state index is 12.1. The van der Waals surface area contributed by atoms with E-state index in [4.69, 9.17) is 9.47 Å². The van der Waals surface area contributed by atoms with Crippen LogP contribution >= 0.6 is 0 Å². The first-order valence-electron chi connectivity index (χ1n) is 7.79. The van der Waals surface area contributed by atoms with E-state index in [2.05, 4.69) is 10.4 Å². The van der Waals surface area contributed by atoms with Crippen molar-refractivity contribution in [2.24, 2.45) is 7.05 Å². The van der Waals surface area contributed by atoms with E-state index in [0.717, 1.165) is 29.0 Å². The monoisotopic (exact) mass is 315 g/mol. The lowest BCUT2D eigenvalue weighted by Crippen LogP contribution is -2.22. The molecule has 1 aliphatic heterocycles. The summed E-state index contributed by atoms with van der Waals surface area (Å²) in [7, 11) is 1.78. The van der Waals surface area contributed by atoms with Crippen LogP contribution in [-0.2, 0) is 20.0 Å². The number of carbonyl (C=O) groups excluding carboxylic acids is 1. The number of benzene rings is 1. The van der Waals surface area contributed by atoms with Crippen molar-refractivity contribution in [2.75, 3.05) is 6.61 Å². The van der Waals surface area contributed by atoms with Crippen molar-refractivity contribution in [1.29, 1.82) is 0 Å². The molecule has 6 heteroatoms. The zero-order chi connectivity index (χ0) is 16.4. The number of fused-ring (bicyclic) bond motifs is 1. The van der Waals surface area contributed by atoms with E-state index in [-0.39, 0.29) is 12.0 Å². The lowest BCUT2D eigenvalue weighted by atomic mass is 10.1. The van der Waals surface area contributed by atoms with E-state index >= 15 is 0 Å². The summed E-state index contributed by atoms with van der Waals surface area (Å²) in [6.45, 7) is 4.96. The van der Waals surface area contributed by atoms with Gasteiger partial charge in [-0.05, 0) is 26.0 Å². The number of hydrogen-bond donors (Lipinski definition) is 1. The van der Waals surface area contributed by atoms with Gasteiger partial charge in [0.15, 0.2) is 0 Å². The van der Waals surface area contributed by atoms with E-state index in [1.807, 2.05) is 26.0 Å². The van der Waals surface area contributed by atoms with Gasteiger partial charge in [0, 0.05) is 37.3 Å². The summed E-state index contributed by atoms with van der Waals surface area (Å²) in [5.74, 6) is 1.53. The lowest BCUT2D eigenvalue weighted by molar-refractivity contribution is 0.0950. The third kappa shape index (κ3) is 3.31. The van der Waals surface area contributed by atoms with Crippen LogP contribution in [0, 0.1) is 0 Å². The fourth-order valence-electron chi connectivity index (χ4n) is 2.73. The molecular weight excluding hydrogens is 294 g/mol. The van der Waals surface area contributed by atoms with Crippen molar-refractivity contribution in [3.05, 3.63) is 41.2 Å². The average molecular weight is 315 g/mol. The number of nitrogens with zero attached hydrogens (tertiary/aromatic N) is 2. The van der Waals surface area contributed by atoms with Gasteiger partial charge in [0.1, 0.15) is 17.6 Å². The fourth-order valence-corrected chi connectivity index (χ4v) is 2.73. The Balaban J connectivity index is 1.76. The Bertz CT molecular complexity index is 724. The smallest absolute Gasteiger partial charge is 0.254 e. The average Bonchev–Trinajstić information content (AvgIpc) is 3.09. The van der Waals surface area contributed by atoms with Crippen LogP contribution in [0.15, 0.2) is 24.5 Å². The molecule has 1 aromatic carbocycles. The van der Waals surface area contributed by atoms with Gasteiger partial charge in [0.05, 0.1) is 18.4 Å². The second-order valence-electron chi connectivity index (χ2n) is 5.72. The van der Waals surface area contributed by atoms with Crippen molar-refractivity contribution in [2.45, 2.75) is 32.9 Å². The predicted molar refractivity (Wildman–Crippen MR) is 85.8 cm³/mol. The van der Waals surface area contributed by atoms with Gasteiger partial charge >= 0.3 is 0 Å². The van der Waals surface area contributed by atoms with Gasteiger partial charge in [-0.25, -0.2) is 0 Å². The minimum absolute atomic E-state index is 0.157. The number of aryl methyl sites for hydroxylation is 1. The Hall–Kier alpha value is -2.50. The summed E-state index contributed by atoms with van der Waals surface area (Å²) in [5.41, 5.74) is 2.61. The molecule has 0 fully saturated rings. The molecule has 0 bridgehead atoms. The second-order valence-corrected chi connectivity index (χ2v) is 5.72. The van der Waals surface area contributed by atoms with Crippen LogP contribution in [0.25, 0.3) is 0 Å². The molecule has 23 heavy (non-hydrogen) atoms. The zero-order valence-corrected chi connectivity index (χ0v) is 13.6. The summed E-state index contributed by atoms with van der Waals surface area (Å²) in [6.07, 6.45) is 4.30. The molecule has 2 aromatic rings. The van der Waals surface area contributed by atoms with Crippen LogP contribution in [0.4, 0.5) is 0 Å². The minimum atomic E-state index is -0.157. The van der Waals surface area contributed by atoms with E-state index < -0.39 is 0 Å². The summed E-state index contributed by atoms with van der Waals surface area (Å²) in [6, 6.07) is 3.99. The first-order chi connectivity index (χ1) is 11.1. The third-order valence-electron chi connectivity index (χ3n) is 3.79. The van der Waals surface area contributed by atoms with Crippen molar-refractivity contribution in [1.82, 2.24) is 15.1 Å². The highest BCUT2D eigenvalue weighted by atomic mass is 16.5. The fraction of sp³-hybridized carbons (Fsp3) is 0.412. The highest BCUT2D eigenvalue weighted by molar-refractivity contribution is 5.93. The van der Waals surface area contributed by atoms with Crippen LogP contribution in [0.5, 0.6) is 11.5 Å². The van der Waals surface area contributed by atoms with Crippen LogP contribution in [0.1, 0.15) is 35.3 Å². The molecule has 0 radical (unpaired) electrons. The lowest BCUT2D eigenvalue weighted by Gasteiger charge is -2.13. The molecule has 0 saturated heterocycles. The first-order valence-corrected chi connectivity index (χ1v) is 7.79. The number of rotatable bonds is 5. The highest BCUT2D eigenvalue weighted by Crippen LogP contribution is 2.35. The largest absolute Gasteiger partial charge is 0.494 e. The molecule has 1 amide bonds. The molecule has 2 heterocycles. The summed E-state index contributed by atoms with van der Waals surface area (Å²) >= 11 is 0. The highest BCUT2D eigenvalue weighted by Gasteiger charge is 2.22. The van der Waals surface area contributed by atoms with Crippen molar-refractivity contribution < 1.29 is 14.3 Å². The number of ether oxygens (including phenoxy) is 2.